The normalized spacial score (nSPS) is 12.6. The topological polar surface area (TPSA) is 49.4 Å². The summed E-state index contributed by atoms with van der Waals surface area (Å²) in [6.07, 6.45) is 0. The van der Waals surface area contributed by atoms with E-state index in [1.165, 1.54) is 0 Å². The highest BCUT2D eigenvalue weighted by molar-refractivity contribution is 7.89. The quantitative estimate of drug-likeness (QED) is 0.842. The van der Waals surface area contributed by atoms with Crippen LogP contribution in [0, 0.1) is 13.8 Å². The Labute approximate surface area is 129 Å². The molecule has 120 valence electrons. The van der Waals surface area contributed by atoms with Gasteiger partial charge in [0, 0.05) is 25.2 Å². The molecule has 5 heteroatoms. The van der Waals surface area contributed by atoms with Gasteiger partial charge in [-0.1, -0.05) is 6.07 Å². The fourth-order valence-electron chi connectivity index (χ4n) is 2.39. The lowest BCUT2D eigenvalue weighted by Crippen LogP contribution is -2.42. The van der Waals surface area contributed by atoms with Crippen LogP contribution < -0.4 is 4.72 Å². The van der Waals surface area contributed by atoms with Crippen molar-refractivity contribution in [1.82, 2.24) is 9.62 Å². The van der Waals surface area contributed by atoms with Crippen molar-refractivity contribution in [2.45, 2.75) is 58.5 Å². The maximum Gasteiger partial charge on any atom is 0.240 e. The first-order valence-corrected chi connectivity index (χ1v) is 8.96. The van der Waals surface area contributed by atoms with Crippen molar-refractivity contribution in [3.63, 3.8) is 0 Å². The third-order valence-corrected chi connectivity index (χ3v) is 5.24. The molecule has 0 saturated heterocycles. The second-order valence-corrected chi connectivity index (χ2v) is 7.84. The number of nitrogens with zero attached hydrogens (tertiary/aromatic N) is 1. The lowest BCUT2D eigenvalue weighted by molar-refractivity contribution is 0.179. The molecule has 0 unspecified atom stereocenters. The van der Waals surface area contributed by atoms with Crippen molar-refractivity contribution in [2.75, 3.05) is 13.1 Å². The average molecular weight is 312 g/mol. The molecule has 1 rings (SSSR count). The van der Waals surface area contributed by atoms with Gasteiger partial charge in [-0.2, -0.15) is 0 Å². The van der Waals surface area contributed by atoms with Crippen LogP contribution >= 0.6 is 0 Å². The molecule has 0 aliphatic rings. The molecule has 0 radical (unpaired) electrons. The van der Waals surface area contributed by atoms with E-state index in [9.17, 15) is 8.42 Å². The first-order valence-electron chi connectivity index (χ1n) is 7.48. The monoisotopic (exact) mass is 312 g/mol. The van der Waals surface area contributed by atoms with Gasteiger partial charge in [0.15, 0.2) is 0 Å². The van der Waals surface area contributed by atoms with Crippen LogP contribution in [-0.4, -0.2) is 38.5 Å². The molecule has 0 atom stereocenters. The molecule has 1 aromatic carbocycles. The van der Waals surface area contributed by atoms with Gasteiger partial charge in [-0.15, -0.1) is 0 Å². The summed E-state index contributed by atoms with van der Waals surface area (Å²) >= 11 is 0. The van der Waals surface area contributed by atoms with Crippen LogP contribution in [0.5, 0.6) is 0 Å². The highest BCUT2D eigenvalue weighted by Crippen LogP contribution is 2.14. The van der Waals surface area contributed by atoms with Crippen LogP contribution in [0.3, 0.4) is 0 Å². The van der Waals surface area contributed by atoms with Gasteiger partial charge in [0.1, 0.15) is 0 Å². The van der Waals surface area contributed by atoms with E-state index < -0.39 is 10.0 Å². The molecular weight excluding hydrogens is 284 g/mol. The number of hydrogen-bond donors (Lipinski definition) is 1. The van der Waals surface area contributed by atoms with Crippen molar-refractivity contribution in [3.8, 4) is 0 Å². The lowest BCUT2D eigenvalue weighted by atomic mass is 10.1. The summed E-state index contributed by atoms with van der Waals surface area (Å²) in [5, 5.41) is 0. The molecule has 0 saturated carbocycles. The fraction of sp³-hybridized carbons (Fsp3) is 0.625. The van der Waals surface area contributed by atoms with Gasteiger partial charge in [-0.25, -0.2) is 13.1 Å². The lowest BCUT2D eigenvalue weighted by Gasteiger charge is -2.30. The smallest absolute Gasteiger partial charge is 0.240 e. The van der Waals surface area contributed by atoms with E-state index in [2.05, 4.69) is 37.3 Å². The summed E-state index contributed by atoms with van der Waals surface area (Å²) in [6.45, 7) is 13.5. The number of rotatable bonds is 7. The fourth-order valence-corrected chi connectivity index (χ4v) is 3.49. The zero-order valence-corrected chi connectivity index (χ0v) is 14.8. The molecule has 0 aliphatic heterocycles. The van der Waals surface area contributed by atoms with Crippen LogP contribution in [0.25, 0.3) is 0 Å². The summed E-state index contributed by atoms with van der Waals surface area (Å²) in [6, 6.07) is 6.03. The van der Waals surface area contributed by atoms with Gasteiger partial charge in [0.05, 0.1) is 4.90 Å². The highest BCUT2D eigenvalue weighted by Gasteiger charge is 2.17. The molecule has 4 nitrogen and oxygen atoms in total. The first-order chi connectivity index (χ1) is 9.65. The molecule has 0 amide bonds. The van der Waals surface area contributed by atoms with Gasteiger partial charge in [0.2, 0.25) is 10.0 Å². The van der Waals surface area contributed by atoms with E-state index in [4.69, 9.17) is 0 Å². The van der Waals surface area contributed by atoms with Crippen LogP contribution in [0.15, 0.2) is 23.1 Å². The van der Waals surface area contributed by atoms with Crippen LogP contribution in [0.1, 0.15) is 38.8 Å². The average Bonchev–Trinajstić information content (AvgIpc) is 2.36. The minimum absolute atomic E-state index is 0.339. The molecule has 0 heterocycles. The SMILES string of the molecule is Cc1ccc(S(=O)(=O)NCCN(C(C)C)C(C)C)cc1C. The van der Waals surface area contributed by atoms with Gasteiger partial charge < -0.3 is 0 Å². The van der Waals surface area contributed by atoms with E-state index in [1.807, 2.05) is 19.9 Å². The molecule has 1 aromatic rings. The molecule has 0 aromatic heterocycles. The Balaban J connectivity index is 2.71. The Bertz CT molecular complexity index is 558. The second kappa shape index (κ2) is 7.38. The number of aryl methyl sites for hydroxylation is 2. The molecular formula is C16H28N2O2S. The standard InChI is InChI=1S/C16H28N2O2S/c1-12(2)18(13(3)4)10-9-17-21(19,20)16-8-7-14(5)15(6)11-16/h7-8,11-13,17H,9-10H2,1-6H3. The predicted molar refractivity (Wildman–Crippen MR) is 88.1 cm³/mol. The molecule has 0 fully saturated rings. The first kappa shape index (κ1) is 18.1. The largest absolute Gasteiger partial charge is 0.297 e. The van der Waals surface area contributed by atoms with Gasteiger partial charge in [-0.3, -0.25) is 4.90 Å². The van der Waals surface area contributed by atoms with Crippen molar-refractivity contribution >= 4 is 10.0 Å². The summed E-state index contributed by atoms with van der Waals surface area (Å²) in [5.74, 6) is 0. The maximum absolute atomic E-state index is 12.3. The predicted octanol–water partition coefficient (Wildman–Crippen LogP) is 2.70. The van der Waals surface area contributed by atoms with E-state index in [0.29, 0.717) is 30.1 Å². The van der Waals surface area contributed by atoms with E-state index in [1.54, 1.807) is 12.1 Å². The molecule has 0 bridgehead atoms. The summed E-state index contributed by atoms with van der Waals surface area (Å²) in [4.78, 5) is 2.61. The highest BCUT2D eigenvalue weighted by atomic mass is 32.2. The van der Waals surface area contributed by atoms with Gasteiger partial charge >= 0.3 is 0 Å². The molecule has 0 spiro atoms. The van der Waals surface area contributed by atoms with Crippen molar-refractivity contribution < 1.29 is 8.42 Å². The number of sulfonamides is 1. The summed E-state index contributed by atoms with van der Waals surface area (Å²) < 4.78 is 27.3. The minimum Gasteiger partial charge on any atom is -0.297 e. The Kier molecular flexibility index (Phi) is 6.38. The van der Waals surface area contributed by atoms with Crippen LogP contribution in [0.2, 0.25) is 0 Å². The maximum atomic E-state index is 12.3. The second-order valence-electron chi connectivity index (χ2n) is 6.07. The van der Waals surface area contributed by atoms with Crippen molar-refractivity contribution in [2.24, 2.45) is 0 Å². The van der Waals surface area contributed by atoms with E-state index in [0.717, 1.165) is 11.1 Å². The Morgan fingerprint density at radius 2 is 1.62 bits per heavy atom. The molecule has 1 N–H and O–H groups in total. The van der Waals surface area contributed by atoms with E-state index >= 15 is 0 Å². The Morgan fingerprint density at radius 3 is 2.10 bits per heavy atom. The zero-order valence-electron chi connectivity index (χ0n) is 14.0. The summed E-state index contributed by atoms with van der Waals surface area (Å²) in [7, 11) is -3.42. The summed E-state index contributed by atoms with van der Waals surface area (Å²) in [5.41, 5.74) is 2.09. The number of hydrogen-bond acceptors (Lipinski definition) is 3. The van der Waals surface area contributed by atoms with Crippen LogP contribution in [0.4, 0.5) is 0 Å². The third kappa shape index (κ3) is 5.09. The van der Waals surface area contributed by atoms with Crippen LogP contribution in [-0.2, 0) is 10.0 Å². The van der Waals surface area contributed by atoms with E-state index in [-0.39, 0.29) is 0 Å². The zero-order chi connectivity index (χ0) is 16.2. The Hall–Kier alpha value is -0.910. The number of benzene rings is 1. The van der Waals surface area contributed by atoms with Gasteiger partial charge in [-0.05, 0) is 64.8 Å². The van der Waals surface area contributed by atoms with Crippen molar-refractivity contribution in [3.05, 3.63) is 29.3 Å². The molecule has 21 heavy (non-hydrogen) atoms. The van der Waals surface area contributed by atoms with Crippen molar-refractivity contribution in [1.29, 1.82) is 0 Å². The third-order valence-electron chi connectivity index (χ3n) is 3.78. The minimum atomic E-state index is -3.42. The van der Waals surface area contributed by atoms with Gasteiger partial charge in [0.25, 0.3) is 0 Å². The molecule has 0 aliphatic carbocycles. The number of nitrogens with one attached hydrogen (secondary N) is 1. The Morgan fingerprint density at radius 1 is 1.05 bits per heavy atom.